The van der Waals surface area contributed by atoms with E-state index in [1.165, 1.54) is 6.07 Å². The van der Waals surface area contributed by atoms with Crippen LogP contribution in [0.25, 0.3) is 0 Å². The third-order valence-electron chi connectivity index (χ3n) is 2.90. The minimum absolute atomic E-state index is 0.241. The van der Waals surface area contributed by atoms with Crippen LogP contribution < -0.4 is 5.32 Å². The van der Waals surface area contributed by atoms with Crippen LogP contribution in [-0.2, 0) is 0 Å². The van der Waals surface area contributed by atoms with Crippen molar-refractivity contribution in [3.8, 4) is 0 Å². The predicted molar refractivity (Wildman–Crippen MR) is 88.8 cm³/mol. The first-order chi connectivity index (χ1) is 9.51. The lowest BCUT2D eigenvalue weighted by molar-refractivity contribution is 0.558. The molecule has 1 N–H and O–H groups in total. The Kier molecular flexibility index (Phi) is 5.61. The molecule has 0 saturated carbocycles. The van der Waals surface area contributed by atoms with Gasteiger partial charge in [0.25, 0.3) is 0 Å². The maximum absolute atomic E-state index is 14.1. The second-order valence-electron chi connectivity index (χ2n) is 4.36. The Morgan fingerprint density at radius 2 is 1.90 bits per heavy atom. The van der Waals surface area contributed by atoms with Gasteiger partial charge in [-0.1, -0.05) is 50.4 Å². The fourth-order valence-corrected chi connectivity index (χ4v) is 3.35. The summed E-state index contributed by atoms with van der Waals surface area (Å²) in [7, 11) is 0. The molecule has 0 aliphatic heterocycles. The Hall–Kier alpha value is -0.420. The third kappa shape index (κ3) is 3.82. The van der Waals surface area contributed by atoms with Gasteiger partial charge in [-0.15, -0.1) is 0 Å². The van der Waals surface area contributed by atoms with Crippen LogP contribution >= 0.6 is 43.5 Å². The summed E-state index contributed by atoms with van der Waals surface area (Å²) in [6, 6.07) is 10.3. The number of hydrogen-bond donors (Lipinski definition) is 1. The SMILES string of the molecule is CCNC(c1cc(Cl)cc(Br)c1)c1cc(Br)ccc1F. The standard InChI is InChI=1S/C15H13Br2ClFN/c1-2-20-15(9-5-11(17)7-12(18)6-9)13-8-10(16)3-4-14(13)19/h3-8,15,20H,2H2,1H3. The lowest BCUT2D eigenvalue weighted by Gasteiger charge is -2.20. The van der Waals surface area contributed by atoms with Crippen LogP contribution in [0.15, 0.2) is 45.3 Å². The van der Waals surface area contributed by atoms with E-state index in [2.05, 4.69) is 37.2 Å². The Morgan fingerprint density at radius 1 is 1.15 bits per heavy atom. The molecule has 0 fully saturated rings. The van der Waals surface area contributed by atoms with Crippen molar-refractivity contribution in [3.63, 3.8) is 0 Å². The van der Waals surface area contributed by atoms with Gasteiger partial charge in [-0.25, -0.2) is 4.39 Å². The summed E-state index contributed by atoms with van der Waals surface area (Å²) < 4.78 is 15.8. The summed E-state index contributed by atoms with van der Waals surface area (Å²) in [5.74, 6) is -0.241. The van der Waals surface area contributed by atoms with Crippen molar-refractivity contribution in [1.29, 1.82) is 0 Å². The van der Waals surface area contributed by atoms with Gasteiger partial charge in [0.2, 0.25) is 0 Å². The second-order valence-corrected chi connectivity index (χ2v) is 6.63. The molecule has 0 aromatic heterocycles. The molecule has 0 saturated heterocycles. The fourth-order valence-electron chi connectivity index (χ4n) is 2.09. The van der Waals surface area contributed by atoms with Crippen LogP contribution in [0.1, 0.15) is 24.1 Å². The van der Waals surface area contributed by atoms with Gasteiger partial charge in [0.1, 0.15) is 5.82 Å². The van der Waals surface area contributed by atoms with Gasteiger partial charge in [0, 0.05) is 19.5 Å². The largest absolute Gasteiger partial charge is 0.306 e. The van der Waals surface area contributed by atoms with Gasteiger partial charge in [-0.05, 0) is 48.5 Å². The number of halogens is 4. The van der Waals surface area contributed by atoms with E-state index in [1.54, 1.807) is 12.1 Å². The van der Waals surface area contributed by atoms with Crippen molar-refractivity contribution in [3.05, 3.63) is 67.3 Å². The van der Waals surface area contributed by atoms with E-state index in [9.17, 15) is 4.39 Å². The average molecular weight is 422 g/mol. The van der Waals surface area contributed by atoms with E-state index in [0.717, 1.165) is 21.1 Å². The van der Waals surface area contributed by atoms with Gasteiger partial charge in [-0.2, -0.15) is 0 Å². The van der Waals surface area contributed by atoms with Crippen LogP contribution in [0.5, 0.6) is 0 Å². The number of hydrogen-bond acceptors (Lipinski definition) is 1. The van der Waals surface area contributed by atoms with Crippen LogP contribution in [0.2, 0.25) is 5.02 Å². The molecule has 0 spiro atoms. The number of benzene rings is 2. The zero-order valence-electron chi connectivity index (χ0n) is 10.8. The first kappa shape index (κ1) is 16.0. The quantitative estimate of drug-likeness (QED) is 0.667. The summed E-state index contributed by atoms with van der Waals surface area (Å²) in [5, 5.41) is 3.92. The molecule has 0 bridgehead atoms. The molecule has 2 rings (SSSR count). The minimum Gasteiger partial charge on any atom is -0.306 e. The molecule has 1 unspecified atom stereocenters. The van der Waals surface area contributed by atoms with E-state index < -0.39 is 0 Å². The maximum atomic E-state index is 14.1. The monoisotopic (exact) mass is 419 g/mol. The van der Waals surface area contributed by atoms with Gasteiger partial charge < -0.3 is 5.32 Å². The van der Waals surface area contributed by atoms with Gasteiger partial charge >= 0.3 is 0 Å². The van der Waals surface area contributed by atoms with Crippen LogP contribution in [-0.4, -0.2) is 6.54 Å². The molecule has 106 valence electrons. The minimum atomic E-state index is -0.243. The van der Waals surface area contributed by atoms with Crippen molar-refractivity contribution in [2.75, 3.05) is 6.54 Å². The highest BCUT2D eigenvalue weighted by Gasteiger charge is 2.18. The van der Waals surface area contributed by atoms with Crippen molar-refractivity contribution < 1.29 is 4.39 Å². The van der Waals surface area contributed by atoms with E-state index in [0.29, 0.717) is 10.6 Å². The number of rotatable bonds is 4. The van der Waals surface area contributed by atoms with E-state index >= 15 is 0 Å². The van der Waals surface area contributed by atoms with Crippen molar-refractivity contribution in [2.24, 2.45) is 0 Å². The summed E-state index contributed by atoms with van der Waals surface area (Å²) in [4.78, 5) is 0. The Balaban J connectivity index is 2.52. The van der Waals surface area contributed by atoms with Crippen molar-refractivity contribution >= 4 is 43.5 Å². The molecule has 0 amide bonds. The zero-order chi connectivity index (χ0) is 14.7. The summed E-state index contributed by atoms with van der Waals surface area (Å²) in [6.45, 7) is 2.71. The molecule has 5 heteroatoms. The van der Waals surface area contributed by atoms with Crippen LogP contribution in [0.4, 0.5) is 4.39 Å². The summed E-state index contributed by atoms with van der Waals surface area (Å²) in [6.07, 6.45) is 0. The van der Waals surface area contributed by atoms with Crippen molar-refractivity contribution in [1.82, 2.24) is 5.32 Å². The fraction of sp³-hybridized carbons (Fsp3) is 0.200. The maximum Gasteiger partial charge on any atom is 0.128 e. The Bertz CT molecular complexity index is 599. The third-order valence-corrected chi connectivity index (χ3v) is 4.06. The van der Waals surface area contributed by atoms with Crippen molar-refractivity contribution in [2.45, 2.75) is 13.0 Å². The molecule has 2 aromatic carbocycles. The topological polar surface area (TPSA) is 12.0 Å². The lowest BCUT2D eigenvalue weighted by atomic mass is 9.98. The number of nitrogens with one attached hydrogen (secondary N) is 1. The molecule has 0 radical (unpaired) electrons. The summed E-state index contributed by atoms with van der Waals surface area (Å²) in [5.41, 5.74) is 1.51. The normalized spacial score (nSPS) is 12.4. The van der Waals surface area contributed by atoms with E-state index in [1.807, 2.05) is 25.1 Å². The van der Waals surface area contributed by atoms with E-state index in [4.69, 9.17) is 11.6 Å². The Labute approximate surface area is 139 Å². The highest BCUT2D eigenvalue weighted by atomic mass is 79.9. The van der Waals surface area contributed by atoms with Gasteiger partial charge in [-0.3, -0.25) is 0 Å². The molecule has 1 atom stereocenters. The van der Waals surface area contributed by atoms with Crippen LogP contribution in [0, 0.1) is 5.82 Å². The molecular weight excluding hydrogens is 408 g/mol. The molecule has 0 heterocycles. The highest BCUT2D eigenvalue weighted by Crippen LogP contribution is 2.30. The second kappa shape index (κ2) is 7.03. The first-order valence-corrected chi connectivity index (χ1v) is 8.12. The lowest BCUT2D eigenvalue weighted by Crippen LogP contribution is -2.23. The molecule has 0 aliphatic carbocycles. The smallest absolute Gasteiger partial charge is 0.128 e. The van der Waals surface area contributed by atoms with Crippen LogP contribution in [0.3, 0.4) is 0 Å². The highest BCUT2D eigenvalue weighted by molar-refractivity contribution is 9.10. The summed E-state index contributed by atoms with van der Waals surface area (Å²) >= 11 is 12.9. The van der Waals surface area contributed by atoms with E-state index in [-0.39, 0.29) is 11.9 Å². The molecule has 2 aromatic rings. The molecular formula is C15H13Br2ClFN. The molecule has 1 nitrogen and oxygen atoms in total. The zero-order valence-corrected chi connectivity index (χ0v) is 14.7. The van der Waals surface area contributed by atoms with Gasteiger partial charge in [0.05, 0.1) is 6.04 Å². The first-order valence-electron chi connectivity index (χ1n) is 6.15. The van der Waals surface area contributed by atoms with Gasteiger partial charge in [0.15, 0.2) is 0 Å². The predicted octanol–water partition coefficient (Wildman–Crippen LogP) is 5.70. The Morgan fingerprint density at radius 3 is 2.55 bits per heavy atom. The average Bonchev–Trinajstić information content (AvgIpc) is 2.38. The molecule has 20 heavy (non-hydrogen) atoms. The molecule has 0 aliphatic rings.